The van der Waals surface area contributed by atoms with Crippen LogP contribution in [-0.4, -0.2) is 38.1 Å². The Morgan fingerprint density at radius 1 is 1.17 bits per heavy atom. The number of carbonyl (C=O) groups is 1. The number of rotatable bonds is 5. The highest BCUT2D eigenvalue weighted by molar-refractivity contribution is 7.22. The summed E-state index contributed by atoms with van der Waals surface area (Å²) in [6, 6.07) is 15.7. The number of benzene rings is 2. The molecule has 0 unspecified atom stereocenters. The average molecular weight is 340 g/mol. The monoisotopic (exact) mass is 340 g/mol. The number of aryl methyl sites for hydroxylation is 1. The van der Waals surface area contributed by atoms with Crippen LogP contribution in [0.4, 0.5) is 5.13 Å². The van der Waals surface area contributed by atoms with Crippen LogP contribution in [-0.2, 0) is 0 Å². The van der Waals surface area contributed by atoms with Crippen molar-refractivity contribution in [3.05, 3.63) is 59.7 Å². The standard InChI is InChI=1S/C19H21N3OS/c1-14-7-6-8-15(13-14)18(23)22(12-11-21(2)3)19-20-16-9-4-5-10-17(16)24-19/h4-10,13H,11-12H2,1-3H3/p+1. The normalized spacial score (nSPS) is 11.2. The number of fused-ring (bicyclic) bond motifs is 1. The number of amides is 1. The summed E-state index contributed by atoms with van der Waals surface area (Å²) in [6.45, 7) is 3.52. The first-order valence-electron chi connectivity index (χ1n) is 8.08. The first-order valence-corrected chi connectivity index (χ1v) is 8.89. The number of thiazole rings is 1. The molecule has 0 bridgehead atoms. The van der Waals surface area contributed by atoms with Crippen LogP contribution in [0.3, 0.4) is 0 Å². The summed E-state index contributed by atoms with van der Waals surface area (Å²) >= 11 is 1.57. The Balaban J connectivity index is 1.97. The fraction of sp³-hybridized carbons (Fsp3) is 0.263. The highest BCUT2D eigenvalue weighted by atomic mass is 32.1. The summed E-state index contributed by atoms with van der Waals surface area (Å²) in [4.78, 5) is 20.9. The lowest BCUT2D eigenvalue weighted by atomic mass is 10.1. The van der Waals surface area contributed by atoms with Crippen molar-refractivity contribution in [3.8, 4) is 0 Å². The lowest BCUT2D eigenvalue weighted by molar-refractivity contribution is -0.856. The fourth-order valence-electron chi connectivity index (χ4n) is 2.53. The van der Waals surface area contributed by atoms with Gasteiger partial charge in [-0.15, -0.1) is 0 Å². The van der Waals surface area contributed by atoms with Gasteiger partial charge >= 0.3 is 0 Å². The first kappa shape index (κ1) is 16.6. The second-order valence-electron chi connectivity index (χ2n) is 6.25. The van der Waals surface area contributed by atoms with Crippen molar-refractivity contribution in [2.75, 3.05) is 32.1 Å². The molecule has 3 rings (SSSR count). The van der Waals surface area contributed by atoms with Crippen molar-refractivity contribution in [1.82, 2.24) is 4.98 Å². The maximum absolute atomic E-state index is 13.1. The van der Waals surface area contributed by atoms with E-state index in [4.69, 9.17) is 0 Å². The molecule has 0 atom stereocenters. The van der Waals surface area contributed by atoms with Gasteiger partial charge in [0.25, 0.3) is 5.91 Å². The van der Waals surface area contributed by atoms with Crippen LogP contribution < -0.4 is 9.80 Å². The number of hydrogen-bond acceptors (Lipinski definition) is 3. The maximum atomic E-state index is 13.1. The predicted octanol–water partition coefficient (Wildman–Crippen LogP) is 2.40. The summed E-state index contributed by atoms with van der Waals surface area (Å²) in [7, 11) is 4.18. The highest BCUT2D eigenvalue weighted by Gasteiger charge is 2.22. The molecule has 3 aromatic rings. The molecule has 4 nitrogen and oxygen atoms in total. The number of quaternary nitrogens is 1. The SMILES string of the molecule is Cc1cccc(C(=O)N(CC[NH+](C)C)c2nc3ccccc3s2)c1. The molecule has 0 spiro atoms. The Labute approximate surface area is 146 Å². The van der Waals surface area contributed by atoms with Crippen LogP contribution in [0.5, 0.6) is 0 Å². The molecule has 0 saturated heterocycles. The molecule has 0 saturated carbocycles. The van der Waals surface area contributed by atoms with Gasteiger partial charge in [-0.3, -0.25) is 9.69 Å². The molecule has 1 amide bonds. The number of aromatic nitrogens is 1. The number of hydrogen-bond donors (Lipinski definition) is 1. The van der Waals surface area contributed by atoms with E-state index in [1.54, 1.807) is 11.3 Å². The van der Waals surface area contributed by atoms with Gasteiger partial charge in [0.1, 0.15) is 0 Å². The van der Waals surface area contributed by atoms with Crippen molar-refractivity contribution in [2.45, 2.75) is 6.92 Å². The van der Waals surface area contributed by atoms with Gasteiger partial charge in [-0.05, 0) is 31.2 Å². The van der Waals surface area contributed by atoms with E-state index in [1.165, 1.54) is 4.90 Å². The molecule has 0 aliphatic rings. The van der Waals surface area contributed by atoms with E-state index in [0.717, 1.165) is 27.5 Å². The minimum absolute atomic E-state index is 0.0130. The lowest BCUT2D eigenvalue weighted by Crippen LogP contribution is -3.06. The van der Waals surface area contributed by atoms with Crippen molar-refractivity contribution < 1.29 is 9.69 Å². The van der Waals surface area contributed by atoms with Gasteiger partial charge in [0.15, 0.2) is 5.13 Å². The number of carbonyl (C=O) groups excluding carboxylic acids is 1. The minimum atomic E-state index is 0.0130. The smallest absolute Gasteiger partial charge is 0.260 e. The molecular formula is C19H22N3OS+. The molecule has 1 aromatic heterocycles. The molecule has 1 N–H and O–H groups in total. The van der Waals surface area contributed by atoms with Crippen molar-refractivity contribution in [2.24, 2.45) is 0 Å². The molecule has 5 heteroatoms. The Kier molecular flexibility index (Phi) is 4.92. The third-order valence-electron chi connectivity index (χ3n) is 3.86. The molecule has 124 valence electrons. The molecule has 0 fully saturated rings. The van der Waals surface area contributed by atoms with Crippen molar-refractivity contribution in [3.63, 3.8) is 0 Å². The van der Waals surface area contributed by atoms with E-state index in [9.17, 15) is 4.79 Å². The third kappa shape index (κ3) is 3.63. The van der Waals surface area contributed by atoms with Gasteiger partial charge in [0.2, 0.25) is 0 Å². The van der Waals surface area contributed by atoms with Gasteiger partial charge < -0.3 is 4.90 Å². The van der Waals surface area contributed by atoms with Crippen molar-refractivity contribution in [1.29, 1.82) is 0 Å². The number of anilines is 1. The van der Waals surface area contributed by atoms with Gasteiger partial charge in [-0.1, -0.05) is 41.2 Å². The summed E-state index contributed by atoms with van der Waals surface area (Å²) < 4.78 is 1.10. The predicted molar refractivity (Wildman–Crippen MR) is 100 cm³/mol. The van der Waals surface area contributed by atoms with E-state index in [2.05, 4.69) is 19.1 Å². The molecule has 0 radical (unpaired) electrons. The number of nitrogens with zero attached hydrogens (tertiary/aromatic N) is 2. The highest BCUT2D eigenvalue weighted by Crippen LogP contribution is 2.29. The zero-order valence-electron chi connectivity index (χ0n) is 14.2. The average Bonchev–Trinajstić information content (AvgIpc) is 2.98. The Morgan fingerprint density at radius 3 is 2.67 bits per heavy atom. The Morgan fingerprint density at radius 2 is 1.96 bits per heavy atom. The summed E-state index contributed by atoms with van der Waals surface area (Å²) in [5.74, 6) is 0.0130. The van der Waals surface area contributed by atoms with Gasteiger partial charge in [-0.25, -0.2) is 4.98 Å². The van der Waals surface area contributed by atoms with Crippen LogP contribution in [0.25, 0.3) is 10.2 Å². The second kappa shape index (κ2) is 7.11. The van der Waals surface area contributed by atoms with E-state index in [-0.39, 0.29) is 5.91 Å². The first-order chi connectivity index (χ1) is 11.5. The largest absolute Gasteiger partial charge is 0.338 e. The zero-order valence-corrected chi connectivity index (χ0v) is 15.1. The topological polar surface area (TPSA) is 37.6 Å². The van der Waals surface area contributed by atoms with Crippen LogP contribution in [0.15, 0.2) is 48.5 Å². The Hall–Kier alpha value is -2.24. The van der Waals surface area contributed by atoms with Crippen LogP contribution in [0.1, 0.15) is 15.9 Å². The molecule has 0 aliphatic carbocycles. The molecule has 0 aliphatic heterocycles. The van der Waals surface area contributed by atoms with Gasteiger partial charge in [0.05, 0.1) is 37.4 Å². The summed E-state index contributed by atoms with van der Waals surface area (Å²) in [6.07, 6.45) is 0. The summed E-state index contributed by atoms with van der Waals surface area (Å²) in [5.41, 5.74) is 2.74. The van der Waals surface area contributed by atoms with Crippen LogP contribution in [0.2, 0.25) is 0 Å². The number of para-hydroxylation sites is 1. The fourth-order valence-corrected chi connectivity index (χ4v) is 3.52. The maximum Gasteiger partial charge on any atom is 0.260 e. The molecule has 2 aromatic carbocycles. The van der Waals surface area contributed by atoms with Crippen LogP contribution >= 0.6 is 11.3 Å². The Bertz CT molecular complexity index is 823. The third-order valence-corrected chi connectivity index (χ3v) is 4.92. The second-order valence-corrected chi connectivity index (χ2v) is 7.26. The number of likely N-dealkylation sites (N-methyl/N-ethyl adjacent to an activating group) is 1. The van der Waals surface area contributed by atoms with Crippen molar-refractivity contribution >= 4 is 32.6 Å². The van der Waals surface area contributed by atoms with Gasteiger partial charge in [-0.2, -0.15) is 0 Å². The molecule has 1 heterocycles. The van der Waals surface area contributed by atoms with E-state index in [0.29, 0.717) is 12.1 Å². The summed E-state index contributed by atoms with van der Waals surface area (Å²) in [5, 5.41) is 0.768. The lowest BCUT2D eigenvalue weighted by Gasteiger charge is -2.21. The zero-order chi connectivity index (χ0) is 17.1. The quantitative estimate of drug-likeness (QED) is 0.774. The molecular weight excluding hydrogens is 318 g/mol. The molecule has 24 heavy (non-hydrogen) atoms. The van der Waals surface area contributed by atoms with Crippen LogP contribution in [0, 0.1) is 6.92 Å². The number of nitrogens with one attached hydrogen (secondary N) is 1. The van der Waals surface area contributed by atoms with E-state index >= 15 is 0 Å². The minimum Gasteiger partial charge on any atom is -0.338 e. The van der Waals surface area contributed by atoms with E-state index < -0.39 is 0 Å². The van der Waals surface area contributed by atoms with Gasteiger partial charge in [0, 0.05) is 5.56 Å². The van der Waals surface area contributed by atoms with E-state index in [1.807, 2.05) is 60.4 Å².